The Kier molecular flexibility index (Phi) is 9.85. The SMILES string of the molecule is O=[N+]([O-])c1ccc(I(OS(=O)(=O)C(F)(F)C(F)(F)C(F)(F)C(F)(F)C(F)(F)C(F)(F)C(F)(F)C(F)(F)F)c2ccccc2)cc1. The first kappa shape index (κ1) is 38.5. The third kappa shape index (κ3) is 5.86. The summed E-state index contributed by atoms with van der Waals surface area (Å²) in [5.41, 5.74) is -0.752. The molecule has 0 aliphatic heterocycles. The first-order valence-electron chi connectivity index (χ1n) is 10.5. The van der Waals surface area contributed by atoms with Gasteiger partial charge in [-0.05, 0) is 0 Å². The molecular formula is C20H9F17INO5S. The number of hydrogen-bond donors (Lipinski definition) is 0. The van der Waals surface area contributed by atoms with Crippen molar-refractivity contribution in [2.24, 2.45) is 0 Å². The summed E-state index contributed by atoms with van der Waals surface area (Å²) in [4.78, 5) is 9.76. The van der Waals surface area contributed by atoms with E-state index in [1.807, 2.05) is 0 Å². The Hall–Kier alpha value is -2.71. The summed E-state index contributed by atoms with van der Waals surface area (Å²) >= 11 is -4.78. The van der Waals surface area contributed by atoms with Crippen LogP contribution in [-0.4, -0.2) is 60.3 Å². The molecule has 0 fully saturated rings. The minimum absolute atomic E-state index is 0.518. The summed E-state index contributed by atoms with van der Waals surface area (Å²) in [7, 11) is -7.84. The van der Waals surface area contributed by atoms with Crippen LogP contribution in [0.4, 0.5) is 80.3 Å². The molecule has 0 N–H and O–H groups in total. The summed E-state index contributed by atoms with van der Waals surface area (Å²) in [6.07, 6.45) is -7.94. The van der Waals surface area contributed by atoms with Crippen LogP contribution in [0.2, 0.25) is 0 Å². The molecule has 6 nitrogen and oxygen atoms in total. The molecule has 0 unspecified atom stereocenters. The predicted molar refractivity (Wildman–Crippen MR) is 122 cm³/mol. The summed E-state index contributed by atoms with van der Waals surface area (Å²) in [5.74, 6) is -52.4. The molecule has 0 saturated carbocycles. The quantitative estimate of drug-likeness (QED) is 0.0930. The van der Waals surface area contributed by atoms with Gasteiger partial charge < -0.3 is 0 Å². The van der Waals surface area contributed by atoms with Gasteiger partial charge in [-0.15, -0.1) is 0 Å². The van der Waals surface area contributed by atoms with Crippen molar-refractivity contribution in [3.63, 3.8) is 0 Å². The normalized spacial score (nSPS) is 15.2. The van der Waals surface area contributed by atoms with Crippen LogP contribution < -0.4 is 0 Å². The van der Waals surface area contributed by atoms with E-state index in [9.17, 15) is 93.2 Å². The number of alkyl halides is 17. The fourth-order valence-electron chi connectivity index (χ4n) is 2.83. The number of hydrogen-bond acceptors (Lipinski definition) is 5. The van der Waals surface area contributed by atoms with Crippen molar-refractivity contribution < 1.29 is 90.5 Å². The fourth-order valence-corrected chi connectivity index (χ4v) is 9.81. The van der Waals surface area contributed by atoms with E-state index in [1.165, 1.54) is 6.07 Å². The van der Waals surface area contributed by atoms with Crippen LogP contribution >= 0.6 is 20.2 Å². The van der Waals surface area contributed by atoms with Crippen LogP contribution in [0.15, 0.2) is 54.6 Å². The van der Waals surface area contributed by atoms with Gasteiger partial charge in [-0.3, -0.25) is 0 Å². The number of nitro groups is 1. The average molecular weight is 825 g/mol. The van der Waals surface area contributed by atoms with Crippen molar-refractivity contribution >= 4 is 36.0 Å². The molecule has 0 atom stereocenters. The van der Waals surface area contributed by atoms with Gasteiger partial charge in [0, 0.05) is 0 Å². The topological polar surface area (TPSA) is 86.5 Å². The molecule has 2 aromatic rings. The second kappa shape index (κ2) is 11.5. The Balaban J connectivity index is 2.69. The van der Waals surface area contributed by atoms with Crippen LogP contribution in [0.3, 0.4) is 0 Å². The zero-order valence-electron chi connectivity index (χ0n) is 20.4. The van der Waals surface area contributed by atoms with Crippen molar-refractivity contribution in [1.29, 1.82) is 0 Å². The third-order valence-corrected chi connectivity index (χ3v) is 12.7. The van der Waals surface area contributed by atoms with Gasteiger partial charge in [-0.25, -0.2) is 0 Å². The Bertz CT molecular complexity index is 1500. The van der Waals surface area contributed by atoms with Gasteiger partial charge in [0.05, 0.1) is 0 Å². The molecule has 2 aromatic carbocycles. The molecule has 25 heteroatoms. The Morgan fingerprint density at radius 2 is 0.911 bits per heavy atom. The van der Waals surface area contributed by atoms with Gasteiger partial charge in [-0.1, -0.05) is 0 Å². The summed E-state index contributed by atoms with van der Waals surface area (Å²) < 4.78 is 258. The van der Waals surface area contributed by atoms with E-state index < -0.39 is 95.1 Å². The van der Waals surface area contributed by atoms with Crippen molar-refractivity contribution in [2.75, 3.05) is 0 Å². The first-order valence-corrected chi connectivity index (χ1v) is 15.0. The van der Waals surface area contributed by atoms with Crippen molar-refractivity contribution in [2.45, 2.75) is 47.0 Å². The molecule has 0 radical (unpaired) electrons. The average Bonchev–Trinajstić information content (AvgIpc) is 2.90. The molecule has 0 aromatic heterocycles. The van der Waals surface area contributed by atoms with Gasteiger partial charge in [-0.2, -0.15) is 0 Å². The van der Waals surface area contributed by atoms with E-state index in [4.69, 9.17) is 0 Å². The standard InChI is InChI=1S/C20H9F17INO5S/c21-13(22,15(25,26)17(29,30)19(33,34)35)14(23,24)16(27,28)18(31,32)20(36,37)45(42,43)44-38(10-4-2-1-3-5-10)11-6-8-12(9-7-11)39(40)41/h1-9H. The number of nitro benzene ring substituents is 1. The van der Waals surface area contributed by atoms with Gasteiger partial charge in [0.1, 0.15) is 0 Å². The van der Waals surface area contributed by atoms with Crippen LogP contribution in [0.1, 0.15) is 0 Å². The maximum absolute atomic E-state index is 14.6. The van der Waals surface area contributed by atoms with Gasteiger partial charge in [0.2, 0.25) is 0 Å². The maximum atomic E-state index is 14.6. The van der Waals surface area contributed by atoms with E-state index in [1.54, 1.807) is 0 Å². The second-order valence-corrected chi connectivity index (χ2v) is 14.8. The molecule has 0 aliphatic rings. The molecule has 0 saturated heterocycles. The van der Waals surface area contributed by atoms with E-state index >= 15 is 0 Å². The van der Waals surface area contributed by atoms with E-state index in [0.717, 1.165) is 24.3 Å². The fraction of sp³-hybridized carbons (Fsp3) is 0.400. The Morgan fingerprint density at radius 1 is 0.556 bits per heavy atom. The molecular weight excluding hydrogens is 816 g/mol. The number of benzene rings is 2. The number of nitrogens with zero attached hydrogens (tertiary/aromatic N) is 1. The Labute approximate surface area is 245 Å². The molecule has 2 rings (SSSR count). The minimum atomic E-state index is -8.98. The van der Waals surface area contributed by atoms with Gasteiger partial charge in [0.25, 0.3) is 0 Å². The molecule has 0 heterocycles. The predicted octanol–water partition coefficient (Wildman–Crippen LogP) is 8.37. The molecule has 45 heavy (non-hydrogen) atoms. The van der Waals surface area contributed by atoms with E-state index in [0.29, 0.717) is 24.3 Å². The number of non-ortho nitro benzene ring substituents is 1. The van der Waals surface area contributed by atoms with Gasteiger partial charge in [0.15, 0.2) is 0 Å². The van der Waals surface area contributed by atoms with Crippen molar-refractivity contribution in [3.05, 3.63) is 71.9 Å². The monoisotopic (exact) mass is 825 g/mol. The van der Waals surface area contributed by atoms with Crippen molar-refractivity contribution in [1.82, 2.24) is 0 Å². The summed E-state index contributed by atoms with van der Waals surface area (Å²) in [5, 5.41) is 2.96. The Morgan fingerprint density at radius 3 is 1.29 bits per heavy atom. The van der Waals surface area contributed by atoms with Crippen LogP contribution in [0, 0.1) is 17.3 Å². The van der Waals surface area contributed by atoms with Gasteiger partial charge >= 0.3 is 245 Å². The summed E-state index contributed by atoms with van der Waals surface area (Å²) in [6.45, 7) is 0. The number of halogens is 18. The summed E-state index contributed by atoms with van der Waals surface area (Å²) in [6, 6.07) is 7.20. The zero-order chi connectivity index (χ0) is 35.5. The van der Waals surface area contributed by atoms with Crippen molar-refractivity contribution in [3.8, 4) is 0 Å². The molecule has 0 bridgehead atoms. The van der Waals surface area contributed by atoms with E-state index in [-0.39, 0.29) is 0 Å². The number of rotatable bonds is 12. The van der Waals surface area contributed by atoms with Crippen LogP contribution in [-0.2, 0) is 12.6 Å². The van der Waals surface area contributed by atoms with E-state index in [2.05, 4.69) is 2.51 Å². The van der Waals surface area contributed by atoms with Crippen LogP contribution in [0.5, 0.6) is 0 Å². The zero-order valence-corrected chi connectivity index (χ0v) is 23.4. The second-order valence-electron chi connectivity index (χ2n) is 8.26. The third-order valence-electron chi connectivity index (χ3n) is 5.32. The van der Waals surface area contributed by atoms with Crippen LogP contribution in [0.25, 0.3) is 0 Å². The molecule has 0 aliphatic carbocycles. The molecule has 0 spiro atoms. The first-order chi connectivity index (χ1) is 19.9. The molecule has 0 amide bonds. The molecule has 256 valence electrons.